The first kappa shape index (κ1) is 14.7. The SMILES string of the molecule is CC(=O)N(CCNC(=O)Cc1cccs1)C(C)C. The number of carbonyl (C=O) groups is 2. The fourth-order valence-corrected chi connectivity index (χ4v) is 2.43. The van der Waals surface area contributed by atoms with Crippen LogP contribution >= 0.6 is 11.3 Å². The van der Waals surface area contributed by atoms with Crippen LogP contribution in [-0.4, -0.2) is 35.8 Å². The second-order valence-corrected chi connectivity index (χ2v) is 5.44. The zero-order valence-electron chi connectivity index (χ0n) is 11.1. The molecule has 1 rings (SSSR count). The predicted octanol–water partition coefficient (Wildman–Crippen LogP) is 1.66. The van der Waals surface area contributed by atoms with E-state index in [0.29, 0.717) is 19.5 Å². The van der Waals surface area contributed by atoms with E-state index in [1.165, 1.54) is 0 Å². The second-order valence-electron chi connectivity index (χ2n) is 4.41. The van der Waals surface area contributed by atoms with E-state index >= 15 is 0 Å². The van der Waals surface area contributed by atoms with E-state index in [1.807, 2.05) is 31.4 Å². The lowest BCUT2D eigenvalue weighted by Crippen LogP contribution is -2.41. The normalized spacial score (nSPS) is 10.4. The van der Waals surface area contributed by atoms with Crippen molar-refractivity contribution in [2.24, 2.45) is 0 Å². The molecule has 0 aromatic carbocycles. The monoisotopic (exact) mass is 268 g/mol. The Balaban J connectivity index is 2.28. The molecule has 4 nitrogen and oxygen atoms in total. The molecule has 0 unspecified atom stereocenters. The molecule has 0 aliphatic heterocycles. The Morgan fingerprint density at radius 3 is 2.67 bits per heavy atom. The molecule has 0 saturated carbocycles. The van der Waals surface area contributed by atoms with Crippen LogP contribution in [0.5, 0.6) is 0 Å². The maximum absolute atomic E-state index is 11.6. The van der Waals surface area contributed by atoms with E-state index in [-0.39, 0.29) is 17.9 Å². The molecule has 5 heteroatoms. The third-order valence-corrected chi connectivity index (χ3v) is 3.49. The lowest BCUT2D eigenvalue weighted by molar-refractivity contribution is -0.131. The third kappa shape index (κ3) is 4.87. The Labute approximate surface area is 112 Å². The highest BCUT2D eigenvalue weighted by Crippen LogP contribution is 2.08. The van der Waals surface area contributed by atoms with Gasteiger partial charge in [-0.25, -0.2) is 0 Å². The first-order valence-electron chi connectivity index (χ1n) is 6.07. The summed E-state index contributed by atoms with van der Waals surface area (Å²) in [4.78, 5) is 25.8. The van der Waals surface area contributed by atoms with Crippen molar-refractivity contribution in [1.82, 2.24) is 10.2 Å². The molecule has 1 N–H and O–H groups in total. The van der Waals surface area contributed by atoms with Gasteiger partial charge in [0, 0.05) is 30.9 Å². The highest BCUT2D eigenvalue weighted by Gasteiger charge is 2.12. The van der Waals surface area contributed by atoms with E-state index in [1.54, 1.807) is 23.2 Å². The summed E-state index contributed by atoms with van der Waals surface area (Å²) in [5, 5.41) is 4.79. The molecule has 18 heavy (non-hydrogen) atoms. The Morgan fingerprint density at radius 2 is 2.17 bits per heavy atom. The van der Waals surface area contributed by atoms with Gasteiger partial charge in [0.1, 0.15) is 0 Å². The Bertz CT molecular complexity index is 388. The molecule has 100 valence electrons. The van der Waals surface area contributed by atoms with Crippen LogP contribution in [0, 0.1) is 0 Å². The van der Waals surface area contributed by atoms with Gasteiger partial charge in [-0.3, -0.25) is 9.59 Å². The minimum atomic E-state index is 0.00436. The van der Waals surface area contributed by atoms with Gasteiger partial charge in [0.2, 0.25) is 11.8 Å². The summed E-state index contributed by atoms with van der Waals surface area (Å²) < 4.78 is 0. The van der Waals surface area contributed by atoms with Crippen molar-refractivity contribution >= 4 is 23.2 Å². The van der Waals surface area contributed by atoms with Gasteiger partial charge in [0.15, 0.2) is 0 Å². The molecule has 0 saturated heterocycles. The van der Waals surface area contributed by atoms with Gasteiger partial charge in [0.25, 0.3) is 0 Å². The number of carbonyl (C=O) groups excluding carboxylic acids is 2. The van der Waals surface area contributed by atoms with E-state index in [2.05, 4.69) is 5.32 Å². The molecule has 0 radical (unpaired) electrons. The summed E-state index contributed by atoms with van der Waals surface area (Å²) in [7, 11) is 0. The van der Waals surface area contributed by atoms with E-state index in [4.69, 9.17) is 0 Å². The Morgan fingerprint density at radius 1 is 1.44 bits per heavy atom. The van der Waals surface area contributed by atoms with Crippen LogP contribution in [0.15, 0.2) is 17.5 Å². The first-order valence-corrected chi connectivity index (χ1v) is 6.95. The average molecular weight is 268 g/mol. The highest BCUT2D eigenvalue weighted by molar-refractivity contribution is 7.10. The van der Waals surface area contributed by atoms with Gasteiger partial charge in [-0.15, -0.1) is 11.3 Å². The Kier molecular flexibility index (Phi) is 5.85. The molecule has 1 aromatic rings. The highest BCUT2D eigenvalue weighted by atomic mass is 32.1. The van der Waals surface area contributed by atoms with Gasteiger partial charge in [-0.05, 0) is 25.3 Å². The van der Waals surface area contributed by atoms with Crippen LogP contribution in [0.1, 0.15) is 25.6 Å². The molecule has 0 spiro atoms. The van der Waals surface area contributed by atoms with E-state index < -0.39 is 0 Å². The van der Waals surface area contributed by atoms with E-state index in [0.717, 1.165) is 4.88 Å². The number of hydrogen-bond donors (Lipinski definition) is 1. The number of amides is 2. The molecule has 1 heterocycles. The van der Waals surface area contributed by atoms with Crippen molar-refractivity contribution < 1.29 is 9.59 Å². The summed E-state index contributed by atoms with van der Waals surface area (Å²) >= 11 is 1.58. The van der Waals surface area contributed by atoms with Gasteiger partial charge in [-0.1, -0.05) is 6.07 Å². The number of rotatable bonds is 6. The summed E-state index contributed by atoms with van der Waals surface area (Å²) in [6.07, 6.45) is 0.416. The number of nitrogens with zero attached hydrogens (tertiary/aromatic N) is 1. The molecule has 0 aliphatic rings. The van der Waals surface area contributed by atoms with Gasteiger partial charge < -0.3 is 10.2 Å². The van der Waals surface area contributed by atoms with Crippen LogP contribution in [0.3, 0.4) is 0 Å². The maximum Gasteiger partial charge on any atom is 0.225 e. The molecular formula is C13H20N2O2S. The van der Waals surface area contributed by atoms with Crippen LogP contribution < -0.4 is 5.32 Å². The van der Waals surface area contributed by atoms with Gasteiger partial charge in [0.05, 0.1) is 6.42 Å². The van der Waals surface area contributed by atoms with Crippen LogP contribution in [0.2, 0.25) is 0 Å². The van der Waals surface area contributed by atoms with Crippen molar-refractivity contribution in [3.05, 3.63) is 22.4 Å². The number of nitrogens with one attached hydrogen (secondary N) is 1. The van der Waals surface area contributed by atoms with E-state index in [9.17, 15) is 9.59 Å². The molecule has 2 amide bonds. The first-order chi connectivity index (χ1) is 8.50. The molecule has 0 atom stereocenters. The molecule has 1 aromatic heterocycles. The Hall–Kier alpha value is -1.36. The predicted molar refractivity (Wildman–Crippen MR) is 73.6 cm³/mol. The summed E-state index contributed by atoms with van der Waals surface area (Å²) in [6.45, 7) is 6.54. The van der Waals surface area contributed by atoms with Crippen molar-refractivity contribution in [3.63, 3.8) is 0 Å². The molecule has 0 fully saturated rings. The summed E-state index contributed by atoms with van der Waals surface area (Å²) in [6, 6.07) is 4.04. The average Bonchev–Trinajstić information content (AvgIpc) is 2.75. The quantitative estimate of drug-likeness (QED) is 0.853. The summed E-state index contributed by atoms with van der Waals surface area (Å²) in [5.41, 5.74) is 0. The van der Waals surface area contributed by atoms with Crippen molar-refractivity contribution in [2.45, 2.75) is 33.2 Å². The fraction of sp³-hybridized carbons (Fsp3) is 0.538. The number of hydrogen-bond acceptors (Lipinski definition) is 3. The maximum atomic E-state index is 11.6. The lowest BCUT2D eigenvalue weighted by atomic mass is 10.3. The van der Waals surface area contributed by atoms with Gasteiger partial charge >= 0.3 is 0 Å². The lowest BCUT2D eigenvalue weighted by Gasteiger charge is -2.25. The standard InChI is InChI=1S/C13H20N2O2S/c1-10(2)15(11(3)16)7-6-14-13(17)9-12-5-4-8-18-12/h4-5,8,10H,6-7,9H2,1-3H3,(H,14,17). The molecule has 0 aliphatic carbocycles. The minimum Gasteiger partial charge on any atom is -0.354 e. The largest absolute Gasteiger partial charge is 0.354 e. The van der Waals surface area contributed by atoms with Crippen LogP contribution in [-0.2, 0) is 16.0 Å². The van der Waals surface area contributed by atoms with Crippen LogP contribution in [0.4, 0.5) is 0 Å². The van der Waals surface area contributed by atoms with Crippen LogP contribution in [0.25, 0.3) is 0 Å². The fourth-order valence-electron chi connectivity index (χ4n) is 1.73. The zero-order chi connectivity index (χ0) is 13.5. The topological polar surface area (TPSA) is 49.4 Å². The van der Waals surface area contributed by atoms with Crippen molar-refractivity contribution in [2.75, 3.05) is 13.1 Å². The molecular weight excluding hydrogens is 248 g/mol. The van der Waals surface area contributed by atoms with Gasteiger partial charge in [-0.2, -0.15) is 0 Å². The smallest absolute Gasteiger partial charge is 0.225 e. The third-order valence-electron chi connectivity index (χ3n) is 2.62. The second kappa shape index (κ2) is 7.16. The zero-order valence-corrected chi connectivity index (χ0v) is 11.9. The number of thiophene rings is 1. The summed E-state index contributed by atoms with van der Waals surface area (Å²) in [5.74, 6) is 0.0437. The van der Waals surface area contributed by atoms with Crippen molar-refractivity contribution in [3.8, 4) is 0 Å². The van der Waals surface area contributed by atoms with Crippen molar-refractivity contribution in [1.29, 1.82) is 0 Å². The molecule has 0 bridgehead atoms. The minimum absolute atomic E-state index is 0.00436.